The highest BCUT2D eigenvalue weighted by molar-refractivity contribution is 5.41. The van der Waals surface area contributed by atoms with Crippen LogP contribution >= 0.6 is 0 Å². The van der Waals surface area contributed by atoms with Crippen LogP contribution in [0.15, 0.2) is 59.5 Å². The molecule has 156 valence electrons. The van der Waals surface area contributed by atoms with E-state index in [1.54, 1.807) is 16.8 Å². The first kappa shape index (κ1) is 20.4. The first-order valence-electron chi connectivity index (χ1n) is 10.7. The Balaban J connectivity index is 1.84. The Hall–Kier alpha value is -2.92. The van der Waals surface area contributed by atoms with E-state index in [-0.39, 0.29) is 17.4 Å². The Morgan fingerprint density at radius 1 is 1.03 bits per heavy atom. The topological polar surface area (TPSA) is 58.4 Å². The quantitative estimate of drug-likeness (QED) is 0.694. The van der Waals surface area contributed by atoms with Crippen molar-refractivity contribution in [1.82, 2.24) is 14.5 Å². The minimum atomic E-state index is -0.256. The van der Waals surface area contributed by atoms with E-state index >= 15 is 0 Å². The van der Waals surface area contributed by atoms with Crippen molar-refractivity contribution in [1.29, 1.82) is 0 Å². The second-order valence-corrected chi connectivity index (χ2v) is 8.21. The second kappa shape index (κ2) is 8.84. The summed E-state index contributed by atoms with van der Waals surface area (Å²) in [4.78, 5) is 20.4. The summed E-state index contributed by atoms with van der Waals surface area (Å²) in [6, 6.07) is 15.5. The molecule has 1 aliphatic heterocycles. The standard InChI is InChI=1S/C25H29N3O2/c1-18-9-11-20(12-10-18)24(27-14-6-3-7-15-27)23-22(29)16-19(2)28(25(23)30)17-21-8-4-5-13-26-21/h4-5,8-13,16,24,29H,3,6-7,14-15,17H2,1-2H3/t24-/m1/s1. The zero-order valence-electron chi connectivity index (χ0n) is 17.7. The molecule has 0 spiro atoms. The van der Waals surface area contributed by atoms with Crippen LogP contribution in [-0.4, -0.2) is 32.6 Å². The molecule has 0 aliphatic carbocycles. The molecule has 0 radical (unpaired) electrons. The second-order valence-electron chi connectivity index (χ2n) is 8.21. The molecule has 5 heteroatoms. The van der Waals surface area contributed by atoms with Gasteiger partial charge in [0.2, 0.25) is 0 Å². The molecule has 2 aromatic heterocycles. The SMILES string of the molecule is Cc1ccc([C@H](c2c(O)cc(C)n(Cc3ccccn3)c2=O)N2CCCCC2)cc1. The van der Waals surface area contributed by atoms with E-state index < -0.39 is 0 Å². The van der Waals surface area contributed by atoms with Crippen LogP contribution in [0.2, 0.25) is 0 Å². The highest BCUT2D eigenvalue weighted by atomic mass is 16.3. The maximum absolute atomic E-state index is 13.7. The Morgan fingerprint density at radius 3 is 2.43 bits per heavy atom. The van der Waals surface area contributed by atoms with Crippen LogP contribution in [0, 0.1) is 13.8 Å². The van der Waals surface area contributed by atoms with Gasteiger partial charge in [-0.25, -0.2) is 0 Å². The number of aryl methyl sites for hydroxylation is 2. The van der Waals surface area contributed by atoms with E-state index in [0.717, 1.165) is 42.9 Å². The van der Waals surface area contributed by atoms with Crippen LogP contribution in [-0.2, 0) is 6.54 Å². The van der Waals surface area contributed by atoms with E-state index in [1.165, 1.54) is 12.0 Å². The predicted molar refractivity (Wildman–Crippen MR) is 119 cm³/mol. The normalized spacial score (nSPS) is 15.8. The van der Waals surface area contributed by atoms with Crippen LogP contribution in [0.1, 0.15) is 53.4 Å². The number of aromatic nitrogens is 2. The third-order valence-corrected chi connectivity index (χ3v) is 5.99. The lowest BCUT2D eigenvalue weighted by atomic mass is 9.94. The van der Waals surface area contributed by atoms with Crippen LogP contribution in [0.25, 0.3) is 0 Å². The van der Waals surface area contributed by atoms with Crippen molar-refractivity contribution in [3.63, 3.8) is 0 Å². The molecular formula is C25H29N3O2. The minimum absolute atomic E-state index is 0.0749. The van der Waals surface area contributed by atoms with Gasteiger partial charge < -0.3 is 9.67 Å². The van der Waals surface area contributed by atoms with E-state index in [9.17, 15) is 9.90 Å². The van der Waals surface area contributed by atoms with Crippen molar-refractivity contribution in [3.05, 3.63) is 93.2 Å². The fourth-order valence-corrected chi connectivity index (χ4v) is 4.36. The van der Waals surface area contributed by atoms with Crippen molar-refractivity contribution >= 4 is 0 Å². The summed E-state index contributed by atoms with van der Waals surface area (Å²) in [6.07, 6.45) is 5.16. The third-order valence-electron chi connectivity index (χ3n) is 5.99. The fraction of sp³-hybridized carbons (Fsp3) is 0.360. The molecule has 1 aromatic carbocycles. The number of hydrogen-bond acceptors (Lipinski definition) is 4. The molecule has 3 heterocycles. The zero-order valence-corrected chi connectivity index (χ0v) is 17.7. The largest absolute Gasteiger partial charge is 0.507 e. The Morgan fingerprint density at radius 2 is 1.77 bits per heavy atom. The monoisotopic (exact) mass is 403 g/mol. The maximum Gasteiger partial charge on any atom is 0.260 e. The Kier molecular flexibility index (Phi) is 6.00. The first-order chi connectivity index (χ1) is 14.5. The van der Waals surface area contributed by atoms with Gasteiger partial charge in [-0.1, -0.05) is 42.3 Å². The summed E-state index contributed by atoms with van der Waals surface area (Å²) < 4.78 is 1.72. The van der Waals surface area contributed by atoms with Gasteiger partial charge in [-0.3, -0.25) is 14.7 Å². The van der Waals surface area contributed by atoms with Crippen molar-refractivity contribution in [2.24, 2.45) is 0 Å². The van der Waals surface area contributed by atoms with Crippen molar-refractivity contribution in [3.8, 4) is 5.75 Å². The number of likely N-dealkylation sites (tertiary alicyclic amines) is 1. The first-order valence-corrected chi connectivity index (χ1v) is 10.7. The van der Waals surface area contributed by atoms with Gasteiger partial charge in [0.15, 0.2) is 0 Å². The lowest BCUT2D eigenvalue weighted by Gasteiger charge is -2.35. The molecular weight excluding hydrogens is 374 g/mol. The minimum Gasteiger partial charge on any atom is -0.507 e. The third kappa shape index (κ3) is 4.17. The molecule has 0 saturated carbocycles. The van der Waals surface area contributed by atoms with Gasteiger partial charge in [0.25, 0.3) is 5.56 Å². The summed E-state index contributed by atoms with van der Waals surface area (Å²) >= 11 is 0. The van der Waals surface area contributed by atoms with Gasteiger partial charge in [0.05, 0.1) is 23.8 Å². The fourth-order valence-electron chi connectivity index (χ4n) is 4.36. The number of aromatic hydroxyl groups is 1. The van der Waals surface area contributed by atoms with Crippen LogP contribution in [0.5, 0.6) is 5.75 Å². The highest BCUT2D eigenvalue weighted by Crippen LogP contribution is 2.34. The van der Waals surface area contributed by atoms with Crippen LogP contribution in [0.3, 0.4) is 0 Å². The molecule has 5 nitrogen and oxygen atoms in total. The van der Waals surface area contributed by atoms with E-state index in [1.807, 2.05) is 25.1 Å². The molecule has 1 saturated heterocycles. The lowest BCUT2D eigenvalue weighted by molar-refractivity contribution is 0.183. The number of rotatable bonds is 5. The van der Waals surface area contributed by atoms with Crippen molar-refractivity contribution in [2.45, 2.75) is 45.7 Å². The molecule has 0 bridgehead atoms. The van der Waals surface area contributed by atoms with Crippen molar-refractivity contribution < 1.29 is 5.11 Å². The average molecular weight is 404 g/mol. The van der Waals surface area contributed by atoms with Gasteiger partial charge in [-0.15, -0.1) is 0 Å². The van der Waals surface area contributed by atoms with Gasteiger partial charge >= 0.3 is 0 Å². The number of hydrogen-bond donors (Lipinski definition) is 1. The average Bonchev–Trinajstić information content (AvgIpc) is 2.76. The summed E-state index contributed by atoms with van der Waals surface area (Å²) in [5.74, 6) is 0.0749. The molecule has 0 unspecified atom stereocenters. The lowest BCUT2D eigenvalue weighted by Crippen LogP contribution is -2.39. The highest BCUT2D eigenvalue weighted by Gasteiger charge is 2.30. The molecule has 1 fully saturated rings. The summed E-state index contributed by atoms with van der Waals surface area (Å²) in [5.41, 5.74) is 4.09. The van der Waals surface area contributed by atoms with E-state index in [2.05, 4.69) is 41.1 Å². The summed E-state index contributed by atoms with van der Waals surface area (Å²) in [5, 5.41) is 10.9. The molecule has 4 rings (SSSR count). The zero-order chi connectivity index (χ0) is 21.1. The maximum atomic E-state index is 13.7. The van der Waals surface area contributed by atoms with Gasteiger partial charge in [-0.05, 0) is 63.5 Å². The summed E-state index contributed by atoms with van der Waals surface area (Å²) in [7, 11) is 0. The molecule has 0 amide bonds. The van der Waals surface area contributed by atoms with E-state index in [0.29, 0.717) is 12.1 Å². The van der Waals surface area contributed by atoms with Gasteiger partial charge in [0.1, 0.15) is 5.75 Å². The van der Waals surface area contributed by atoms with Crippen LogP contribution in [0.4, 0.5) is 0 Å². The summed E-state index contributed by atoms with van der Waals surface area (Å²) in [6.45, 7) is 6.15. The number of benzene rings is 1. The van der Waals surface area contributed by atoms with Crippen molar-refractivity contribution in [2.75, 3.05) is 13.1 Å². The van der Waals surface area contributed by atoms with E-state index in [4.69, 9.17) is 0 Å². The van der Waals surface area contributed by atoms with Gasteiger partial charge in [0, 0.05) is 11.9 Å². The molecule has 30 heavy (non-hydrogen) atoms. The van der Waals surface area contributed by atoms with Gasteiger partial charge in [-0.2, -0.15) is 0 Å². The number of nitrogens with zero attached hydrogens (tertiary/aromatic N) is 3. The molecule has 1 atom stereocenters. The molecule has 1 N–H and O–H groups in total. The molecule has 1 aliphatic rings. The van der Waals surface area contributed by atoms with Crippen LogP contribution < -0.4 is 5.56 Å². The number of piperidine rings is 1. The molecule has 3 aromatic rings. The predicted octanol–water partition coefficient (Wildman–Crippen LogP) is 4.19. The Bertz CT molecular complexity index is 1050. The number of pyridine rings is 2. The smallest absolute Gasteiger partial charge is 0.260 e. The Labute approximate surface area is 177 Å².